The number of allylic oxidation sites excluding steroid dienone is 4. The summed E-state index contributed by atoms with van der Waals surface area (Å²) in [7, 11) is 0. The van der Waals surface area contributed by atoms with Gasteiger partial charge >= 0.3 is 5.97 Å². The van der Waals surface area contributed by atoms with E-state index in [0.29, 0.717) is 25.9 Å². The predicted octanol–water partition coefficient (Wildman–Crippen LogP) is 19.0. The number of amides is 1. The van der Waals surface area contributed by atoms with Crippen LogP contribution in [0, 0.1) is 0 Å². The number of ether oxygens (including phenoxy) is 1. The number of unbranched alkanes of at least 4 members (excludes halogenated alkanes) is 42. The molecule has 6 heteroatoms. The van der Waals surface area contributed by atoms with E-state index in [-0.39, 0.29) is 18.5 Å². The topological polar surface area (TPSA) is 95.9 Å². The van der Waals surface area contributed by atoms with Gasteiger partial charge < -0.3 is 20.3 Å². The van der Waals surface area contributed by atoms with E-state index in [2.05, 4.69) is 43.5 Å². The first-order chi connectivity index (χ1) is 33.5. The van der Waals surface area contributed by atoms with E-state index < -0.39 is 12.1 Å². The number of nitrogens with one attached hydrogen (secondary N) is 1. The van der Waals surface area contributed by atoms with Crippen molar-refractivity contribution in [1.82, 2.24) is 5.32 Å². The van der Waals surface area contributed by atoms with Crippen LogP contribution in [0.5, 0.6) is 0 Å². The molecular formula is C62H119NO5. The lowest BCUT2D eigenvalue weighted by Gasteiger charge is -2.22. The molecule has 2 atom stereocenters. The molecule has 0 aliphatic rings. The summed E-state index contributed by atoms with van der Waals surface area (Å²) in [5.41, 5.74) is 0. The molecular weight excluding hydrogens is 839 g/mol. The van der Waals surface area contributed by atoms with Crippen LogP contribution < -0.4 is 5.32 Å². The number of rotatable bonds is 57. The van der Waals surface area contributed by atoms with E-state index in [4.69, 9.17) is 4.74 Å². The molecule has 0 aromatic heterocycles. The van der Waals surface area contributed by atoms with Gasteiger partial charge in [0.1, 0.15) is 0 Å². The highest BCUT2D eigenvalue weighted by Gasteiger charge is 2.20. The lowest BCUT2D eigenvalue weighted by molar-refractivity contribution is -0.143. The Hall–Kier alpha value is -1.66. The van der Waals surface area contributed by atoms with Crippen molar-refractivity contribution in [1.29, 1.82) is 0 Å². The van der Waals surface area contributed by atoms with Crippen LogP contribution in [-0.2, 0) is 14.3 Å². The van der Waals surface area contributed by atoms with E-state index in [1.807, 2.05) is 0 Å². The summed E-state index contributed by atoms with van der Waals surface area (Å²) in [4.78, 5) is 24.6. The summed E-state index contributed by atoms with van der Waals surface area (Å²) in [6.45, 7) is 4.90. The van der Waals surface area contributed by atoms with Gasteiger partial charge in [0.05, 0.1) is 25.4 Å². The first-order valence-corrected chi connectivity index (χ1v) is 30.6. The van der Waals surface area contributed by atoms with Crippen LogP contribution in [0.15, 0.2) is 24.3 Å². The zero-order chi connectivity index (χ0) is 49.3. The van der Waals surface area contributed by atoms with Gasteiger partial charge in [-0.1, -0.05) is 269 Å². The second-order valence-corrected chi connectivity index (χ2v) is 21.0. The Balaban J connectivity index is 3.48. The molecule has 402 valence electrons. The van der Waals surface area contributed by atoms with E-state index in [1.165, 1.54) is 218 Å². The maximum atomic E-state index is 12.5. The van der Waals surface area contributed by atoms with E-state index in [1.54, 1.807) is 0 Å². The Morgan fingerprint density at radius 3 is 1.04 bits per heavy atom. The number of esters is 1. The maximum absolute atomic E-state index is 12.5. The molecule has 0 aliphatic heterocycles. The van der Waals surface area contributed by atoms with Crippen LogP contribution in [0.25, 0.3) is 0 Å². The van der Waals surface area contributed by atoms with Gasteiger partial charge in [0.2, 0.25) is 5.91 Å². The third-order valence-electron chi connectivity index (χ3n) is 14.2. The minimum absolute atomic E-state index is 0.0307. The summed E-state index contributed by atoms with van der Waals surface area (Å²) < 4.78 is 5.46. The summed E-state index contributed by atoms with van der Waals surface area (Å²) in [5, 5.41) is 23.3. The van der Waals surface area contributed by atoms with Gasteiger partial charge in [0.15, 0.2) is 0 Å². The molecule has 0 saturated carbocycles. The molecule has 0 aromatic rings. The van der Waals surface area contributed by atoms with Gasteiger partial charge in [-0.3, -0.25) is 9.59 Å². The number of aliphatic hydroxyl groups excluding tert-OH is 2. The van der Waals surface area contributed by atoms with Crippen LogP contribution in [-0.4, -0.2) is 47.4 Å². The minimum Gasteiger partial charge on any atom is -0.466 e. The van der Waals surface area contributed by atoms with Crippen molar-refractivity contribution in [3.8, 4) is 0 Å². The summed E-state index contributed by atoms with van der Waals surface area (Å²) in [6, 6.07) is -0.564. The zero-order valence-corrected chi connectivity index (χ0v) is 45.9. The molecule has 0 spiro atoms. The van der Waals surface area contributed by atoms with Crippen molar-refractivity contribution in [2.75, 3.05) is 13.2 Å². The summed E-state index contributed by atoms with van der Waals surface area (Å²) >= 11 is 0. The molecule has 0 fully saturated rings. The number of carbonyl (C=O) groups is 2. The fourth-order valence-electron chi connectivity index (χ4n) is 9.51. The molecule has 0 radical (unpaired) electrons. The standard InChI is InChI=1S/C62H119NO5/c1-3-5-7-9-11-13-15-17-19-21-23-24-26-27-29-31-34-38-42-46-50-54-60(65)59(58-64)63-61(66)55-51-47-43-39-35-33-37-41-45-49-53-57-68-62(67)56-52-48-44-40-36-32-30-28-25-22-20-18-16-14-12-10-8-6-4-2/h18,20,37,41,59-60,64-65H,3-17,19,21-36,38-40,42-58H2,1-2H3,(H,63,66)/b20-18-,41-37-. The molecule has 0 bridgehead atoms. The lowest BCUT2D eigenvalue weighted by Crippen LogP contribution is -2.45. The Bertz CT molecular complexity index is 1060. The highest BCUT2D eigenvalue weighted by Crippen LogP contribution is 2.18. The average molecular weight is 959 g/mol. The molecule has 0 aromatic carbocycles. The van der Waals surface area contributed by atoms with Gasteiger partial charge in [0, 0.05) is 12.8 Å². The lowest BCUT2D eigenvalue weighted by atomic mass is 10.0. The van der Waals surface area contributed by atoms with Crippen LogP contribution in [0.3, 0.4) is 0 Å². The van der Waals surface area contributed by atoms with E-state index in [9.17, 15) is 19.8 Å². The second-order valence-electron chi connectivity index (χ2n) is 21.0. The number of aliphatic hydroxyl groups is 2. The second kappa shape index (κ2) is 57.9. The molecule has 0 aliphatic carbocycles. The Kier molecular flexibility index (Phi) is 56.5. The fourth-order valence-corrected chi connectivity index (χ4v) is 9.51. The molecule has 0 saturated heterocycles. The van der Waals surface area contributed by atoms with Gasteiger partial charge in [-0.25, -0.2) is 0 Å². The van der Waals surface area contributed by atoms with Crippen molar-refractivity contribution in [2.45, 2.75) is 347 Å². The molecule has 0 heterocycles. The Labute approximate surface area is 424 Å². The molecule has 0 rings (SSSR count). The van der Waals surface area contributed by atoms with E-state index >= 15 is 0 Å². The largest absolute Gasteiger partial charge is 0.466 e. The molecule has 3 N–H and O–H groups in total. The van der Waals surface area contributed by atoms with Crippen LogP contribution in [0.1, 0.15) is 335 Å². The zero-order valence-electron chi connectivity index (χ0n) is 45.9. The minimum atomic E-state index is -0.684. The monoisotopic (exact) mass is 958 g/mol. The maximum Gasteiger partial charge on any atom is 0.305 e. The third kappa shape index (κ3) is 53.7. The first-order valence-electron chi connectivity index (χ1n) is 30.6. The van der Waals surface area contributed by atoms with Crippen molar-refractivity contribution in [3.05, 3.63) is 24.3 Å². The number of hydrogen-bond donors (Lipinski definition) is 3. The Morgan fingerprint density at radius 2 is 0.691 bits per heavy atom. The molecule has 68 heavy (non-hydrogen) atoms. The molecule has 2 unspecified atom stereocenters. The summed E-state index contributed by atoms with van der Waals surface area (Å²) in [6.07, 6.45) is 70.4. The van der Waals surface area contributed by atoms with Crippen molar-refractivity contribution in [2.24, 2.45) is 0 Å². The average Bonchev–Trinajstić information content (AvgIpc) is 3.34. The SMILES string of the molecule is CCCCCCCC/C=C\CCCCCCCCCCCC(=O)OCCCC/C=C\CCCCCCCC(=O)NC(CO)C(O)CCCCCCCCCCCCCCCCCCCCCCC. The molecule has 1 amide bonds. The summed E-state index contributed by atoms with van der Waals surface area (Å²) in [5.74, 6) is -0.0916. The van der Waals surface area contributed by atoms with Crippen molar-refractivity contribution in [3.63, 3.8) is 0 Å². The Morgan fingerprint density at radius 1 is 0.397 bits per heavy atom. The van der Waals surface area contributed by atoms with Crippen molar-refractivity contribution >= 4 is 11.9 Å². The quantitative estimate of drug-likeness (QED) is 0.0321. The molecule has 6 nitrogen and oxygen atoms in total. The van der Waals surface area contributed by atoms with Gasteiger partial charge in [0.25, 0.3) is 0 Å². The van der Waals surface area contributed by atoms with Crippen LogP contribution >= 0.6 is 0 Å². The normalized spacial score (nSPS) is 12.7. The van der Waals surface area contributed by atoms with Crippen LogP contribution in [0.4, 0.5) is 0 Å². The van der Waals surface area contributed by atoms with Crippen LogP contribution in [0.2, 0.25) is 0 Å². The predicted molar refractivity (Wildman–Crippen MR) is 296 cm³/mol. The smallest absolute Gasteiger partial charge is 0.305 e. The number of hydrogen-bond acceptors (Lipinski definition) is 5. The first kappa shape index (κ1) is 66.3. The van der Waals surface area contributed by atoms with Gasteiger partial charge in [-0.15, -0.1) is 0 Å². The third-order valence-corrected chi connectivity index (χ3v) is 14.2. The highest BCUT2D eigenvalue weighted by molar-refractivity contribution is 5.76. The fraction of sp³-hybridized carbons (Fsp3) is 0.903. The van der Waals surface area contributed by atoms with Gasteiger partial charge in [-0.2, -0.15) is 0 Å². The van der Waals surface area contributed by atoms with Gasteiger partial charge in [-0.05, 0) is 77.0 Å². The van der Waals surface area contributed by atoms with Crippen molar-refractivity contribution < 1.29 is 24.5 Å². The number of carbonyl (C=O) groups excluding carboxylic acids is 2. The van der Waals surface area contributed by atoms with E-state index in [0.717, 1.165) is 83.5 Å². The highest BCUT2D eigenvalue weighted by atomic mass is 16.5.